The molecule has 1 rings (SSSR count). The molecule has 0 saturated carbocycles. The number of carbonyl (C=O) groups is 3. The van der Waals surface area contributed by atoms with Crippen LogP contribution in [0.2, 0.25) is 0 Å². The number of piperidine rings is 1. The largest absolute Gasteiger partial charge is 0.444 e. The molecule has 2 N–H and O–H groups in total. The van der Waals surface area contributed by atoms with Crippen LogP contribution in [0.15, 0.2) is 0 Å². The van der Waals surface area contributed by atoms with Crippen molar-refractivity contribution in [2.24, 2.45) is 5.92 Å². The van der Waals surface area contributed by atoms with Gasteiger partial charge in [0.05, 0.1) is 6.54 Å². The number of carbonyl (C=O) groups excluding carboxylic acids is 3. The molecular formula is C19H36N4O4. The number of nitrogens with one attached hydrogen (secondary N) is 2. The number of imide groups is 1. The molecule has 0 aromatic carbocycles. The number of urea groups is 1. The van der Waals surface area contributed by atoms with Crippen molar-refractivity contribution in [1.29, 1.82) is 0 Å². The van der Waals surface area contributed by atoms with Crippen molar-refractivity contribution in [2.75, 3.05) is 33.2 Å². The highest BCUT2D eigenvalue weighted by Crippen LogP contribution is 2.18. The van der Waals surface area contributed by atoms with E-state index in [4.69, 9.17) is 4.74 Å². The van der Waals surface area contributed by atoms with E-state index < -0.39 is 17.2 Å². The van der Waals surface area contributed by atoms with Gasteiger partial charge in [0.15, 0.2) is 0 Å². The molecule has 1 heterocycles. The zero-order valence-corrected chi connectivity index (χ0v) is 17.8. The molecule has 1 saturated heterocycles. The summed E-state index contributed by atoms with van der Waals surface area (Å²) in [5, 5.41) is 5.07. The summed E-state index contributed by atoms with van der Waals surface area (Å²) < 4.78 is 5.38. The molecule has 1 fully saturated rings. The highest BCUT2D eigenvalue weighted by atomic mass is 16.6. The van der Waals surface area contributed by atoms with Crippen LogP contribution in [-0.4, -0.2) is 72.2 Å². The van der Waals surface area contributed by atoms with E-state index in [2.05, 4.69) is 10.6 Å². The topological polar surface area (TPSA) is 91.0 Å². The molecule has 27 heavy (non-hydrogen) atoms. The summed E-state index contributed by atoms with van der Waals surface area (Å²) in [6.45, 7) is 13.4. The predicted molar refractivity (Wildman–Crippen MR) is 104 cm³/mol. The Bertz CT molecular complexity index is 537. The van der Waals surface area contributed by atoms with Crippen molar-refractivity contribution in [3.05, 3.63) is 0 Å². The van der Waals surface area contributed by atoms with Gasteiger partial charge in [0.2, 0.25) is 5.91 Å². The zero-order valence-electron chi connectivity index (χ0n) is 17.8. The van der Waals surface area contributed by atoms with Crippen molar-refractivity contribution in [3.8, 4) is 0 Å². The number of ether oxygens (including phenoxy) is 1. The minimum absolute atomic E-state index is 0.171. The highest BCUT2D eigenvalue weighted by molar-refractivity contribution is 5.95. The van der Waals surface area contributed by atoms with Gasteiger partial charge in [0, 0.05) is 25.7 Å². The second kappa shape index (κ2) is 9.39. The molecule has 0 aromatic heterocycles. The smallest absolute Gasteiger partial charge is 0.410 e. The average Bonchev–Trinajstić information content (AvgIpc) is 2.43. The van der Waals surface area contributed by atoms with Gasteiger partial charge >= 0.3 is 12.1 Å². The summed E-state index contributed by atoms with van der Waals surface area (Å²) >= 11 is 0. The van der Waals surface area contributed by atoms with E-state index in [1.807, 2.05) is 46.4 Å². The Hall–Kier alpha value is -1.83. The molecule has 1 aliphatic rings. The maximum Gasteiger partial charge on any atom is 0.410 e. The van der Waals surface area contributed by atoms with Crippen LogP contribution in [0.5, 0.6) is 0 Å². The minimum Gasteiger partial charge on any atom is -0.444 e. The van der Waals surface area contributed by atoms with E-state index in [0.717, 1.165) is 19.4 Å². The van der Waals surface area contributed by atoms with Gasteiger partial charge in [0.1, 0.15) is 5.60 Å². The fourth-order valence-electron chi connectivity index (χ4n) is 2.99. The van der Waals surface area contributed by atoms with E-state index in [0.29, 0.717) is 13.1 Å². The van der Waals surface area contributed by atoms with E-state index in [1.54, 1.807) is 11.9 Å². The molecule has 0 bridgehead atoms. The summed E-state index contributed by atoms with van der Waals surface area (Å²) in [4.78, 5) is 39.6. The van der Waals surface area contributed by atoms with Gasteiger partial charge < -0.3 is 15.0 Å². The Morgan fingerprint density at radius 2 is 1.78 bits per heavy atom. The minimum atomic E-state index is -0.518. The molecule has 156 valence electrons. The van der Waals surface area contributed by atoms with E-state index >= 15 is 0 Å². The molecule has 8 nitrogen and oxygen atoms in total. The predicted octanol–water partition coefficient (Wildman–Crippen LogP) is 2.19. The maximum absolute atomic E-state index is 12.1. The van der Waals surface area contributed by atoms with Gasteiger partial charge in [-0.2, -0.15) is 0 Å². The van der Waals surface area contributed by atoms with Gasteiger partial charge in [-0.05, 0) is 66.8 Å². The summed E-state index contributed by atoms with van der Waals surface area (Å²) in [5.41, 5.74) is -0.914. The first-order valence-corrected chi connectivity index (χ1v) is 9.53. The molecular weight excluding hydrogens is 348 g/mol. The Labute approximate surface area is 163 Å². The van der Waals surface area contributed by atoms with Crippen molar-refractivity contribution in [3.63, 3.8) is 0 Å². The lowest BCUT2D eigenvalue weighted by molar-refractivity contribution is -0.121. The van der Waals surface area contributed by atoms with Crippen LogP contribution in [0.25, 0.3) is 0 Å². The average molecular weight is 385 g/mol. The Morgan fingerprint density at radius 1 is 1.15 bits per heavy atom. The van der Waals surface area contributed by atoms with Gasteiger partial charge in [0.25, 0.3) is 0 Å². The molecule has 0 spiro atoms. The summed E-state index contributed by atoms with van der Waals surface area (Å²) in [6.07, 6.45) is 1.61. The summed E-state index contributed by atoms with van der Waals surface area (Å²) in [5.74, 6) is -0.0506. The molecule has 0 aliphatic carbocycles. The Morgan fingerprint density at radius 3 is 2.33 bits per heavy atom. The first-order valence-electron chi connectivity index (χ1n) is 9.53. The van der Waals surface area contributed by atoms with Crippen LogP contribution >= 0.6 is 0 Å². The second-order valence-corrected chi connectivity index (χ2v) is 9.36. The fourth-order valence-corrected chi connectivity index (χ4v) is 2.99. The number of amides is 4. The number of hydrogen-bond acceptors (Lipinski definition) is 5. The van der Waals surface area contributed by atoms with Gasteiger partial charge in [-0.1, -0.05) is 0 Å². The molecule has 1 atom stereocenters. The van der Waals surface area contributed by atoms with E-state index in [1.165, 1.54) is 0 Å². The van der Waals surface area contributed by atoms with Crippen molar-refractivity contribution >= 4 is 18.0 Å². The van der Waals surface area contributed by atoms with E-state index in [-0.39, 0.29) is 24.5 Å². The number of hydrogen-bond donors (Lipinski definition) is 2. The normalized spacial score (nSPS) is 18.6. The molecule has 1 aliphatic heterocycles. The van der Waals surface area contributed by atoms with Crippen LogP contribution in [0.1, 0.15) is 54.4 Å². The van der Waals surface area contributed by atoms with Crippen molar-refractivity contribution < 1.29 is 19.1 Å². The van der Waals surface area contributed by atoms with Crippen molar-refractivity contribution in [2.45, 2.75) is 65.5 Å². The van der Waals surface area contributed by atoms with Gasteiger partial charge in [-0.3, -0.25) is 15.0 Å². The summed E-state index contributed by atoms with van der Waals surface area (Å²) in [6, 6.07) is -0.481. The summed E-state index contributed by atoms with van der Waals surface area (Å²) in [7, 11) is 1.73. The zero-order chi connectivity index (χ0) is 20.8. The maximum atomic E-state index is 12.1. The first-order chi connectivity index (χ1) is 12.2. The molecule has 0 radical (unpaired) electrons. The first kappa shape index (κ1) is 23.2. The lowest BCUT2D eigenvalue weighted by Gasteiger charge is -2.34. The second-order valence-electron chi connectivity index (χ2n) is 9.36. The van der Waals surface area contributed by atoms with Crippen LogP contribution in [0, 0.1) is 5.92 Å². The molecule has 4 amide bonds. The van der Waals surface area contributed by atoms with Gasteiger partial charge in [-0.15, -0.1) is 0 Å². The SMILES string of the molecule is CN(CC1CCCN(CC(=O)NC(=O)NC(C)(C)C)C1)C(=O)OC(C)(C)C. The Kier molecular flexibility index (Phi) is 8.07. The van der Waals surface area contributed by atoms with Crippen LogP contribution < -0.4 is 10.6 Å². The highest BCUT2D eigenvalue weighted by Gasteiger charge is 2.26. The quantitative estimate of drug-likeness (QED) is 0.775. The molecule has 8 heteroatoms. The van der Waals surface area contributed by atoms with Crippen LogP contribution in [0.3, 0.4) is 0 Å². The third-order valence-corrected chi connectivity index (χ3v) is 3.95. The van der Waals surface area contributed by atoms with Crippen LogP contribution in [-0.2, 0) is 9.53 Å². The lowest BCUT2D eigenvalue weighted by atomic mass is 9.97. The fraction of sp³-hybridized carbons (Fsp3) is 0.842. The third kappa shape index (κ3) is 10.2. The van der Waals surface area contributed by atoms with Crippen molar-refractivity contribution in [1.82, 2.24) is 20.4 Å². The van der Waals surface area contributed by atoms with E-state index in [9.17, 15) is 14.4 Å². The van der Waals surface area contributed by atoms with Gasteiger partial charge in [-0.25, -0.2) is 9.59 Å². The number of rotatable bonds is 4. The number of nitrogens with zero attached hydrogens (tertiary/aromatic N) is 2. The lowest BCUT2D eigenvalue weighted by Crippen LogP contribution is -2.51. The monoisotopic (exact) mass is 384 g/mol. The standard InChI is InChI=1S/C19H36N4O4/c1-18(2,3)21-16(25)20-15(24)13-23-10-8-9-14(12-23)11-22(7)17(26)27-19(4,5)6/h14H,8-13H2,1-7H3,(H2,20,21,24,25). The van der Waals surface area contributed by atoms with Crippen LogP contribution in [0.4, 0.5) is 9.59 Å². The Balaban J connectivity index is 2.44. The third-order valence-electron chi connectivity index (χ3n) is 3.95. The molecule has 0 aromatic rings. The number of likely N-dealkylation sites (tertiary alicyclic amines) is 1. The molecule has 1 unspecified atom stereocenters.